The lowest BCUT2D eigenvalue weighted by Crippen LogP contribution is -2.28. The van der Waals surface area contributed by atoms with E-state index in [4.69, 9.17) is 0 Å². The molecule has 20 heavy (non-hydrogen) atoms. The summed E-state index contributed by atoms with van der Waals surface area (Å²) in [6.45, 7) is 0.518. The lowest BCUT2D eigenvalue weighted by molar-refractivity contribution is 0.670. The maximum absolute atomic E-state index is 11.9. The number of hydrogen-bond donors (Lipinski definition) is 1. The molecule has 1 N–H and O–H groups in total. The number of fused-ring (bicyclic) bond motifs is 1. The van der Waals surface area contributed by atoms with Crippen LogP contribution < -0.4 is 11.2 Å². The highest BCUT2D eigenvalue weighted by Crippen LogP contribution is 2.20. The van der Waals surface area contributed by atoms with E-state index in [0.29, 0.717) is 22.2 Å². The van der Waals surface area contributed by atoms with Crippen LogP contribution in [0.3, 0.4) is 0 Å². The number of halogens is 1. The third-order valence-corrected chi connectivity index (χ3v) is 3.92. The molecule has 2 aromatic heterocycles. The fourth-order valence-corrected chi connectivity index (χ4v) is 2.62. The van der Waals surface area contributed by atoms with Crippen LogP contribution in [-0.2, 0) is 13.6 Å². The molecule has 1 aromatic carbocycles. The standard InChI is InChI=1S/C13H11BrN4O2/c1-17-11-9(12(19)15-13(17)20)10(14)18(16-11)7-8-5-3-2-4-6-8/h2-6H,7H2,1H3,(H,15,19,20). The topological polar surface area (TPSA) is 72.7 Å². The Morgan fingerprint density at radius 1 is 1.25 bits per heavy atom. The fourth-order valence-electron chi connectivity index (χ4n) is 2.06. The van der Waals surface area contributed by atoms with Crippen LogP contribution in [-0.4, -0.2) is 19.3 Å². The summed E-state index contributed by atoms with van der Waals surface area (Å²) in [5.41, 5.74) is 0.512. The predicted molar refractivity (Wildman–Crippen MR) is 78.8 cm³/mol. The first-order valence-corrected chi connectivity index (χ1v) is 6.76. The second-order valence-electron chi connectivity index (χ2n) is 4.45. The second kappa shape index (κ2) is 4.75. The first-order valence-electron chi connectivity index (χ1n) is 5.97. The van der Waals surface area contributed by atoms with Gasteiger partial charge in [-0.25, -0.2) is 4.79 Å². The number of aromatic nitrogens is 4. The molecule has 6 nitrogen and oxygen atoms in total. The Labute approximate surface area is 121 Å². The molecular formula is C13H11BrN4O2. The third kappa shape index (κ3) is 2.00. The molecule has 0 aliphatic rings. The van der Waals surface area contributed by atoms with Crippen molar-refractivity contribution in [1.29, 1.82) is 0 Å². The van der Waals surface area contributed by atoms with E-state index >= 15 is 0 Å². The first-order chi connectivity index (χ1) is 9.58. The molecule has 0 amide bonds. The van der Waals surface area contributed by atoms with Crippen molar-refractivity contribution in [2.24, 2.45) is 7.05 Å². The van der Waals surface area contributed by atoms with Gasteiger partial charge in [0.1, 0.15) is 9.99 Å². The lowest BCUT2D eigenvalue weighted by Gasteiger charge is -2.02. The minimum atomic E-state index is -0.473. The highest BCUT2D eigenvalue weighted by Gasteiger charge is 2.15. The summed E-state index contributed by atoms with van der Waals surface area (Å²) in [4.78, 5) is 25.7. The number of benzene rings is 1. The Bertz CT molecular complexity index is 892. The fraction of sp³-hybridized carbons (Fsp3) is 0.154. The molecule has 7 heteroatoms. The zero-order valence-electron chi connectivity index (χ0n) is 10.6. The highest BCUT2D eigenvalue weighted by molar-refractivity contribution is 9.10. The average molecular weight is 335 g/mol. The summed E-state index contributed by atoms with van der Waals surface area (Å²) in [6, 6.07) is 9.76. The smallest absolute Gasteiger partial charge is 0.279 e. The van der Waals surface area contributed by atoms with Gasteiger partial charge < -0.3 is 0 Å². The molecule has 0 saturated heterocycles. The molecule has 0 atom stereocenters. The van der Waals surface area contributed by atoms with Gasteiger partial charge in [-0.3, -0.25) is 19.0 Å². The molecule has 3 aromatic rings. The van der Waals surface area contributed by atoms with Crippen LogP contribution in [0.2, 0.25) is 0 Å². The zero-order valence-corrected chi connectivity index (χ0v) is 12.2. The van der Waals surface area contributed by atoms with Gasteiger partial charge in [0.05, 0.1) is 6.54 Å². The van der Waals surface area contributed by atoms with E-state index in [-0.39, 0.29) is 0 Å². The monoisotopic (exact) mass is 334 g/mol. The van der Waals surface area contributed by atoms with Crippen LogP contribution in [0, 0.1) is 0 Å². The van der Waals surface area contributed by atoms with Gasteiger partial charge in [-0.05, 0) is 21.5 Å². The van der Waals surface area contributed by atoms with E-state index in [1.807, 2.05) is 30.3 Å². The van der Waals surface area contributed by atoms with E-state index in [2.05, 4.69) is 26.0 Å². The summed E-state index contributed by atoms with van der Waals surface area (Å²) >= 11 is 3.38. The number of rotatable bonds is 2. The van der Waals surface area contributed by atoms with E-state index in [9.17, 15) is 9.59 Å². The molecule has 2 heterocycles. The molecular weight excluding hydrogens is 324 g/mol. The van der Waals surface area contributed by atoms with E-state index in [1.54, 1.807) is 11.7 Å². The Kier molecular flexibility index (Phi) is 3.06. The van der Waals surface area contributed by atoms with Crippen molar-refractivity contribution in [1.82, 2.24) is 19.3 Å². The minimum absolute atomic E-state index is 0.363. The largest absolute Gasteiger partial charge is 0.329 e. The van der Waals surface area contributed by atoms with Gasteiger partial charge in [0, 0.05) is 7.05 Å². The normalized spacial score (nSPS) is 11.1. The van der Waals surface area contributed by atoms with E-state index < -0.39 is 11.2 Å². The van der Waals surface area contributed by atoms with E-state index in [0.717, 1.165) is 5.56 Å². The molecule has 3 rings (SSSR count). The molecule has 0 aliphatic heterocycles. The van der Waals surface area contributed by atoms with Crippen molar-refractivity contribution in [3.05, 3.63) is 61.3 Å². The number of aromatic amines is 1. The predicted octanol–water partition coefficient (Wildman–Crippen LogP) is 1.23. The summed E-state index contributed by atoms with van der Waals surface area (Å²) in [6.07, 6.45) is 0. The van der Waals surface area contributed by atoms with Crippen LogP contribution >= 0.6 is 15.9 Å². The molecule has 0 spiro atoms. The van der Waals surface area contributed by atoms with Gasteiger partial charge in [-0.2, -0.15) is 5.10 Å². The molecule has 102 valence electrons. The average Bonchev–Trinajstić information content (AvgIpc) is 2.75. The van der Waals surface area contributed by atoms with Gasteiger partial charge in [0.25, 0.3) is 5.56 Å². The van der Waals surface area contributed by atoms with E-state index in [1.165, 1.54) is 4.57 Å². The van der Waals surface area contributed by atoms with Gasteiger partial charge >= 0.3 is 5.69 Å². The number of nitrogens with one attached hydrogen (secondary N) is 1. The van der Waals surface area contributed by atoms with Gasteiger partial charge in [0.2, 0.25) is 0 Å². The number of aryl methyl sites for hydroxylation is 1. The van der Waals surface area contributed by atoms with Crippen LogP contribution in [0.5, 0.6) is 0 Å². The van der Waals surface area contributed by atoms with Crippen molar-refractivity contribution in [3.8, 4) is 0 Å². The zero-order chi connectivity index (χ0) is 14.3. The molecule has 0 saturated carbocycles. The summed E-state index contributed by atoms with van der Waals surface area (Å²) < 4.78 is 3.55. The highest BCUT2D eigenvalue weighted by atomic mass is 79.9. The second-order valence-corrected chi connectivity index (χ2v) is 5.20. The number of H-pyrrole nitrogens is 1. The van der Waals surface area contributed by atoms with Crippen LogP contribution in [0.4, 0.5) is 0 Å². The van der Waals surface area contributed by atoms with Gasteiger partial charge in [-0.1, -0.05) is 30.3 Å². The van der Waals surface area contributed by atoms with Crippen LogP contribution in [0.25, 0.3) is 11.0 Å². The molecule has 0 bridgehead atoms. The van der Waals surface area contributed by atoms with Crippen molar-refractivity contribution in [3.63, 3.8) is 0 Å². The summed E-state index contributed by atoms with van der Waals surface area (Å²) in [5, 5.41) is 4.72. The molecule has 0 radical (unpaired) electrons. The Hall–Kier alpha value is -2.15. The van der Waals surface area contributed by atoms with Crippen molar-refractivity contribution < 1.29 is 0 Å². The van der Waals surface area contributed by atoms with Gasteiger partial charge in [-0.15, -0.1) is 0 Å². The third-order valence-electron chi connectivity index (χ3n) is 3.12. The SMILES string of the molecule is Cn1c(=O)[nH]c(=O)c2c(Br)n(Cc3ccccc3)nc21. The Morgan fingerprint density at radius 2 is 1.95 bits per heavy atom. The van der Waals surface area contributed by atoms with Crippen molar-refractivity contribution in [2.75, 3.05) is 0 Å². The van der Waals surface area contributed by atoms with Crippen molar-refractivity contribution in [2.45, 2.75) is 6.54 Å². The summed E-state index contributed by atoms with van der Waals surface area (Å²) in [5.74, 6) is 0. The maximum atomic E-state index is 11.9. The lowest BCUT2D eigenvalue weighted by atomic mass is 10.2. The van der Waals surface area contributed by atoms with Crippen molar-refractivity contribution >= 4 is 27.0 Å². The molecule has 0 fully saturated rings. The number of hydrogen-bond acceptors (Lipinski definition) is 3. The maximum Gasteiger partial charge on any atom is 0.329 e. The Morgan fingerprint density at radius 3 is 2.65 bits per heavy atom. The number of nitrogens with zero attached hydrogens (tertiary/aromatic N) is 3. The van der Waals surface area contributed by atoms with Crippen LogP contribution in [0.1, 0.15) is 5.56 Å². The quantitative estimate of drug-likeness (QED) is 0.766. The van der Waals surface area contributed by atoms with Crippen LogP contribution in [0.15, 0.2) is 44.5 Å². The molecule has 0 aliphatic carbocycles. The van der Waals surface area contributed by atoms with Gasteiger partial charge in [0.15, 0.2) is 5.65 Å². The first kappa shape index (κ1) is 12.9. The Balaban J connectivity index is 2.21. The summed E-state index contributed by atoms with van der Waals surface area (Å²) in [7, 11) is 1.58. The minimum Gasteiger partial charge on any atom is -0.279 e. The molecule has 0 unspecified atom stereocenters.